The molecule has 1 aliphatic carbocycles. The number of hydrogen-bond acceptors (Lipinski definition) is 6. The van der Waals surface area contributed by atoms with Crippen LogP contribution in [0.15, 0.2) is 54.7 Å². The molecular weight excluding hydrogens is 452 g/mol. The van der Waals surface area contributed by atoms with E-state index < -0.39 is 23.5 Å². The number of benzene rings is 2. The Morgan fingerprint density at radius 2 is 1.80 bits per heavy atom. The van der Waals surface area contributed by atoms with E-state index >= 15 is 0 Å². The van der Waals surface area contributed by atoms with Gasteiger partial charge < -0.3 is 25.2 Å². The number of hydrogen-bond donors (Lipinski definition) is 3. The number of nitrogens with zero attached hydrogens (tertiary/aromatic N) is 2. The normalized spacial score (nSPS) is 18.5. The van der Waals surface area contributed by atoms with Gasteiger partial charge in [0.15, 0.2) is 5.82 Å². The van der Waals surface area contributed by atoms with E-state index in [1.165, 1.54) is 10.9 Å². The predicted octanol–water partition coefficient (Wildman–Crippen LogP) is 2.75. The number of amides is 2. The molecule has 0 radical (unpaired) electrons. The van der Waals surface area contributed by atoms with E-state index in [2.05, 4.69) is 15.7 Å². The fourth-order valence-corrected chi connectivity index (χ4v) is 4.69. The number of rotatable bonds is 6. The maximum absolute atomic E-state index is 13.1. The van der Waals surface area contributed by atoms with Gasteiger partial charge in [-0.1, -0.05) is 48.5 Å². The predicted molar refractivity (Wildman–Crippen MR) is 125 cm³/mol. The van der Waals surface area contributed by atoms with E-state index in [1.807, 2.05) is 48.5 Å². The van der Waals surface area contributed by atoms with Crippen molar-refractivity contribution in [2.24, 2.45) is 7.05 Å². The highest BCUT2D eigenvalue weighted by Crippen LogP contribution is 2.44. The fourth-order valence-electron chi connectivity index (χ4n) is 4.69. The highest BCUT2D eigenvalue weighted by molar-refractivity contribution is 6.04. The lowest BCUT2D eigenvalue weighted by Gasteiger charge is -2.27. The van der Waals surface area contributed by atoms with Gasteiger partial charge in [-0.05, 0) is 22.3 Å². The van der Waals surface area contributed by atoms with Crippen LogP contribution in [0.2, 0.25) is 0 Å². The molecule has 3 aromatic rings. The van der Waals surface area contributed by atoms with E-state index in [0.717, 1.165) is 22.3 Å². The molecule has 10 nitrogen and oxygen atoms in total. The minimum absolute atomic E-state index is 0.0712. The van der Waals surface area contributed by atoms with Gasteiger partial charge in [0, 0.05) is 32.2 Å². The number of ether oxygens (including phenoxy) is 2. The molecule has 3 N–H and O–H groups in total. The van der Waals surface area contributed by atoms with E-state index in [4.69, 9.17) is 9.47 Å². The lowest BCUT2D eigenvalue weighted by molar-refractivity contribution is -0.122. The van der Waals surface area contributed by atoms with E-state index in [1.54, 1.807) is 7.05 Å². The van der Waals surface area contributed by atoms with Gasteiger partial charge >= 0.3 is 12.1 Å². The van der Waals surface area contributed by atoms with Crippen molar-refractivity contribution in [1.29, 1.82) is 0 Å². The smallest absolute Gasteiger partial charge is 0.408 e. The summed E-state index contributed by atoms with van der Waals surface area (Å²) < 4.78 is 12.3. The highest BCUT2D eigenvalue weighted by Gasteiger charge is 2.45. The highest BCUT2D eigenvalue weighted by atomic mass is 16.6. The Morgan fingerprint density at radius 3 is 2.40 bits per heavy atom. The van der Waals surface area contributed by atoms with Gasteiger partial charge in [0.05, 0.1) is 6.61 Å². The third-order valence-electron chi connectivity index (χ3n) is 6.43. The van der Waals surface area contributed by atoms with E-state index in [9.17, 15) is 19.5 Å². The van der Waals surface area contributed by atoms with Gasteiger partial charge in [-0.2, -0.15) is 5.10 Å². The van der Waals surface area contributed by atoms with Crippen molar-refractivity contribution < 1.29 is 29.0 Å². The number of carbonyl (C=O) groups excluding carboxylic acids is 2. The van der Waals surface area contributed by atoms with Crippen LogP contribution in [-0.2, 0) is 21.3 Å². The molecule has 10 heteroatoms. The monoisotopic (exact) mass is 476 g/mol. The Hall–Kier alpha value is -4.18. The third-order valence-corrected chi connectivity index (χ3v) is 6.43. The van der Waals surface area contributed by atoms with Crippen LogP contribution in [0, 0.1) is 0 Å². The molecule has 2 amide bonds. The molecule has 5 rings (SSSR count). The molecule has 1 aliphatic heterocycles. The summed E-state index contributed by atoms with van der Waals surface area (Å²) in [6.07, 6.45) is 0.736. The number of aryl methyl sites for hydroxylation is 1. The molecule has 2 aliphatic rings. The zero-order valence-corrected chi connectivity index (χ0v) is 19.0. The lowest BCUT2D eigenvalue weighted by Crippen LogP contribution is -2.57. The average molecular weight is 476 g/mol. The molecular formula is C25H24N4O6. The molecule has 35 heavy (non-hydrogen) atoms. The number of carboxylic acid groups (broad SMARTS) is 1. The number of aromatic carboxylic acids is 1. The van der Waals surface area contributed by atoms with Crippen LogP contribution in [0.4, 0.5) is 10.6 Å². The maximum atomic E-state index is 13.1. The molecule has 0 spiro atoms. The summed E-state index contributed by atoms with van der Waals surface area (Å²) in [6.45, 7) is 0.283. The van der Waals surface area contributed by atoms with Crippen LogP contribution < -0.4 is 10.6 Å². The summed E-state index contributed by atoms with van der Waals surface area (Å²) in [5, 5.41) is 18.5. The Labute approximate surface area is 200 Å². The van der Waals surface area contributed by atoms with Crippen LogP contribution in [0.25, 0.3) is 11.1 Å². The van der Waals surface area contributed by atoms with Gasteiger partial charge in [0.25, 0.3) is 5.91 Å². The summed E-state index contributed by atoms with van der Waals surface area (Å²) in [5.74, 6) is -2.07. The largest absolute Gasteiger partial charge is 0.477 e. The second-order valence-electron chi connectivity index (χ2n) is 8.66. The minimum Gasteiger partial charge on any atom is -0.477 e. The van der Waals surface area contributed by atoms with Crippen LogP contribution in [-0.4, -0.2) is 58.2 Å². The molecule has 180 valence electrons. The quantitative estimate of drug-likeness (QED) is 0.498. The Morgan fingerprint density at radius 1 is 1.14 bits per heavy atom. The summed E-state index contributed by atoms with van der Waals surface area (Å²) >= 11 is 0. The topological polar surface area (TPSA) is 132 Å². The lowest BCUT2D eigenvalue weighted by atomic mass is 9.97. The fraction of sp³-hybridized carbons (Fsp3) is 0.280. The van der Waals surface area contributed by atoms with Crippen molar-refractivity contribution in [3.8, 4) is 11.1 Å². The number of anilines is 1. The average Bonchev–Trinajstić information content (AvgIpc) is 3.54. The Balaban J connectivity index is 1.30. The van der Waals surface area contributed by atoms with Crippen molar-refractivity contribution >= 4 is 23.8 Å². The second kappa shape index (κ2) is 8.88. The first-order valence-electron chi connectivity index (χ1n) is 11.2. The zero-order valence-electron chi connectivity index (χ0n) is 19.0. The number of carboxylic acids is 1. The molecule has 1 fully saturated rings. The van der Waals surface area contributed by atoms with Gasteiger partial charge in [-0.15, -0.1) is 0 Å². The van der Waals surface area contributed by atoms with E-state index in [0.29, 0.717) is 0 Å². The van der Waals surface area contributed by atoms with Gasteiger partial charge in [0.1, 0.15) is 17.7 Å². The zero-order chi connectivity index (χ0) is 24.6. The van der Waals surface area contributed by atoms with E-state index in [-0.39, 0.29) is 43.5 Å². The summed E-state index contributed by atoms with van der Waals surface area (Å²) in [5.41, 5.74) is 2.82. The number of aromatic nitrogens is 2. The molecule has 0 saturated carbocycles. The molecule has 1 atom stereocenters. The van der Waals surface area contributed by atoms with Gasteiger partial charge in [-0.3, -0.25) is 9.48 Å². The van der Waals surface area contributed by atoms with Crippen LogP contribution in [0.5, 0.6) is 0 Å². The van der Waals surface area contributed by atoms with Crippen LogP contribution in [0.3, 0.4) is 0 Å². The second-order valence-corrected chi connectivity index (χ2v) is 8.66. The van der Waals surface area contributed by atoms with Crippen molar-refractivity contribution in [1.82, 2.24) is 15.1 Å². The molecule has 1 saturated heterocycles. The SMILES string of the molecule is Cn1cc(C(=O)O)c(NC(=O)C2(NC(=O)OCC3c4ccccc4-c4ccccc43)CCOC2)n1. The van der Waals surface area contributed by atoms with Crippen LogP contribution >= 0.6 is 0 Å². The summed E-state index contributed by atoms with van der Waals surface area (Å²) in [7, 11) is 1.55. The van der Waals surface area contributed by atoms with Gasteiger partial charge in [0.2, 0.25) is 0 Å². The van der Waals surface area contributed by atoms with Crippen molar-refractivity contribution in [2.75, 3.05) is 25.1 Å². The summed E-state index contributed by atoms with van der Waals surface area (Å²) in [6, 6.07) is 16.0. The van der Waals surface area contributed by atoms with Crippen molar-refractivity contribution in [3.63, 3.8) is 0 Å². The molecule has 2 heterocycles. The Kier molecular flexibility index (Phi) is 5.73. The maximum Gasteiger partial charge on any atom is 0.408 e. The first-order chi connectivity index (χ1) is 16.9. The molecule has 1 aromatic heterocycles. The first kappa shape index (κ1) is 22.6. The van der Waals surface area contributed by atoms with Crippen LogP contribution in [0.1, 0.15) is 33.8 Å². The Bertz CT molecular complexity index is 1270. The number of carbonyl (C=O) groups is 3. The first-order valence-corrected chi connectivity index (χ1v) is 11.2. The standard InChI is InChI=1S/C25H24N4O6/c1-29-12-19(22(30)31)21(28-29)26-23(32)25(10-11-34-14-25)27-24(33)35-13-20-17-8-4-2-6-15(17)16-7-3-5-9-18(16)20/h2-9,12,20H,10-11,13-14H2,1H3,(H,27,33)(H,30,31)(H,26,28,32). The number of alkyl carbamates (subject to hydrolysis) is 1. The minimum atomic E-state index is -1.41. The van der Waals surface area contributed by atoms with Crippen molar-refractivity contribution in [3.05, 3.63) is 71.4 Å². The van der Waals surface area contributed by atoms with Crippen molar-refractivity contribution in [2.45, 2.75) is 17.9 Å². The molecule has 2 aromatic carbocycles. The third kappa shape index (κ3) is 4.12. The molecule has 1 unspecified atom stereocenters. The number of nitrogens with one attached hydrogen (secondary N) is 2. The molecule has 0 bridgehead atoms. The van der Waals surface area contributed by atoms with Gasteiger partial charge in [-0.25, -0.2) is 9.59 Å². The summed E-state index contributed by atoms with van der Waals surface area (Å²) in [4.78, 5) is 37.4. The number of fused-ring (bicyclic) bond motifs is 3.